The first-order valence-corrected chi connectivity index (χ1v) is 8.85. The Hall–Kier alpha value is -1.95. The number of urea groups is 1. The Kier molecular flexibility index (Phi) is 4.22. The molecule has 2 saturated heterocycles. The second-order valence-corrected chi connectivity index (χ2v) is 6.99. The highest BCUT2D eigenvalue weighted by molar-refractivity contribution is 5.74. The molecule has 0 spiro atoms. The fourth-order valence-electron chi connectivity index (χ4n) is 4.07. The smallest absolute Gasteiger partial charge is 0.317 e. The number of ether oxygens (including phenoxy) is 2. The topological polar surface area (TPSA) is 54.0 Å². The summed E-state index contributed by atoms with van der Waals surface area (Å²) in [5.41, 5.74) is 1.04. The summed E-state index contributed by atoms with van der Waals surface area (Å²) in [6, 6.07) is 6.66. The summed E-state index contributed by atoms with van der Waals surface area (Å²) in [6.07, 6.45) is 4.84. The summed E-state index contributed by atoms with van der Waals surface area (Å²) < 4.78 is 10.7. The number of rotatable bonds is 3. The van der Waals surface area contributed by atoms with E-state index >= 15 is 0 Å². The summed E-state index contributed by atoms with van der Waals surface area (Å²) >= 11 is 0. The number of nitrogens with zero attached hydrogens (tertiary/aromatic N) is 2. The minimum atomic E-state index is 0.00471. The average Bonchev–Trinajstić information content (AvgIpc) is 3.21. The van der Waals surface area contributed by atoms with Gasteiger partial charge in [-0.15, -0.1) is 0 Å². The Balaban J connectivity index is 1.34. The van der Waals surface area contributed by atoms with Gasteiger partial charge in [-0.1, -0.05) is 12.5 Å². The molecule has 2 fully saturated rings. The Morgan fingerprint density at radius 3 is 3.04 bits per heavy atom. The monoisotopic (exact) mass is 331 g/mol. The number of amides is 2. The third-order valence-corrected chi connectivity index (χ3v) is 5.37. The van der Waals surface area contributed by atoms with Gasteiger partial charge in [0.25, 0.3) is 0 Å². The molecule has 3 aliphatic heterocycles. The Morgan fingerprint density at radius 1 is 1.25 bits per heavy atom. The molecular weight excluding hydrogens is 306 g/mol. The third-order valence-electron chi connectivity index (χ3n) is 5.37. The van der Waals surface area contributed by atoms with E-state index < -0.39 is 0 Å². The van der Waals surface area contributed by atoms with Crippen LogP contribution in [0.2, 0.25) is 0 Å². The molecule has 0 aromatic heterocycles. The number of hydrogen-bond donors (Lipinski definition) is 1. The van der Waals surface area contributed by atoms with Crippen molar-refractivity contribution in [1.29, 1.82) is 0 Å². The number of hydrogen-bond acceptors (Lipinski definition) is 4. The summed E-state index contributed by atoms with van der Waals surface area (Å²) in [7, 11) is 1.84. The first kappa shape index (κ1) is 15.6. The van der Waals surface area contributed by atoms with Crippen LogP contribution in [0.25, 0.3) is 0 Å². The Morgan fingerprint density at radius 2 is 2.12 bits per heavy atom. The van der Waals surface area contributed by atoms with Crippen LogP contribution >= 0.6 is 0 Å². The van der Waals surface area contributed by atoms with Gasteiger partial charge in [-0.25, -0.2) is 4.79 Å². The van der Waals surface area contributed by atoms with E-state index in [0.29, 0.717) is 12.6 Å². The van der Waals surface area contributed by atoms with Crippen LogP contribution in [0.15, 0.2) is 18.2 Å². The van der Waals surface area contributed by atoms with Crippen LogP contribution in [0.4, 0.5) is 4.79 Å². The van der Waals surface area contributed by atoms with E-state index in [2.05, 4.69) is 10.2 Å². The van der Waals surface area contributed by atoms with Crippen molar-refractivity contribution in [3.63, 3.8) is 0 Å². The highest BCUT2D eigenvalue weighted by Crippen LogP contribution is 2.33. The minimum Gasteiger partial charge on any atom is -0.454 e. The van der Waals surface area contributed by atoms with Crippen LogP contribution < -0.4 is 14.8 Å². The SMILES string of the molecule is CN(Cc1ccc2c(c1)OCO2)C(=O)N[C@H]1CCN2CCCC[C@H]12. The fraction of sp³-hybridized carbons (Fsp3) is 0.611. The molecule has 4 rings (SSSR count). The highest BCUT2D eigenvalue weighted by Gasteiger charge is 2.36. The molecule has 1 aromatic rings. The van der Waals surface area contributed by atoms with Crippen LogP contribution in [0.3, 0.4) is 0 Å². The maximum absolute atomic E-state index is 12.6. The van der Waals surface area contributed by atoms with Crippen LogP contribution in [-0.2, 0) is 6.54 Å². The van der Waals surface area contributed by atoms with Gasteiger partial charge in [0.15, 0.2) is 11.5 Å². The quantitative estimate of drug-likeness (QED) is 0.922. The maximum atomic E-state index is 12.6. The number of benzene rings is 1. The van der Waals surface area contributed by atoms with Crippen LogP contribution in [-0.4, -0.2) is 54.8 Å². The Bertz CT molecular complexity index is 622. The fourth-order valence-corrected chi connectivity index (χ4v) is 4.07. The molecule has 0 radical (unpaired) electrons. The minimum absolute atomic E-state index is 0.00471. The second kappa shape index (κ2) is 6.51. The molecule has 0 aliphatic carbocycles. The van der Waals surface area contributed by atoms with Gasteiger partial charge in [0, 0.05) is 32.2 Å². The van der Waals surface area contributed by atoms with E-state index in [1.807, 2.05) is 25.2 Å². The third kappa shape index (κ3) is 3.02. The number of fused-ring (bicyclic) bond motifs is 2. The first-order valence-electron chi connectivity index (χ1n) is 8.85. The van der Waals surface area contributed by atoms with Gasteiger partial charge in [-0.2, -0.15) is 0 Å². The van der Waals surface area contributed by atoms with E-state index in [4.69, 9.17) is 9.47 Å². The van der Waals surface area contributed by atoms with Crippen molar-refractivity contribution in [3.8, 4) is 11.5 Å². The second-order valence-electron chi connectivity index (χ2n) is 6.99. The van der Waals surface area contributed by atoms with Gasteiger partial charge >= 0.3 is 6.03 Å². The normalized spacial score (nSPS) is 25.4. The summed E-state index contributed by atoms with van der Waals surface area (Å²) in [4.78, 5) is 16.8. The molecule has 2 atom stereocenters. The van der Waals surface area contributed by atoms with Crippen molar-refractivity contribution in [2.75, 3.05) is 26.9 Å². The molecule has 0 saturated carbocycles. The van der Waals surface area contributed by atoms with Crippen molar-refractivity contribution < 1.29 is 14.3 Å². The van der Waals surface area contributed by atoms with Gasteiger partial charge in [0.2, 0.25) is 6.79 Å². The van der Waals surface area contributed by atoms with Gasteiger partial charge in [-0.05, 0) is 43.5 Å². The molecule has 130 valence electrons. The number of carbonyl (C=O) groups is 1. The molecule has 3 aliphatic rings. The van der Waals surface area contributed by atoms with Crippen molar-refractivity contribution in [2.24, 2.45) is 0 Å². The first-order chi connectivity index (χ1) is 11.7. The number of carbonyl (C=O) groups excluding carboxylic acids is 1. The zero-order valence-electron chi connectivity index (χ0n) is 14.2. The van der Waals surface area contributed by atoms with E-state index in [9.17, 15) is 4.79 Å². The Labute approximate surface area is 142 Å². The summed E-state index contributed by atoms with van der Waals surface area (Å²) in [5, 5.41) is 3.24. The van der Waals surface area contributed by atoms with Crippen molar-refractivity contribution in [2.45, 2.75) is 44.3 Å². The van der Waals surface area contributed by atoms with E-state index in [0.717, 1.165) is 30.0 Å². The van der Waals surface area contributed by atoms with Crippen LogP contribution in [0.5, 0.6) is 11.5 Å². The van der Waals surface area contributed by atoms with Crippen molar-refractivity contribution in [1.82, 2.24) is 15.1 Å². The van der Waals surface area contributed by atoms with Gasteiger partial charge in [0.05, 0.1) is 0 Å². The lowest BCUT2D eigenvalue weighted by atomic mass is 9.99. The lowest BCUT2D eigenvalue weighted by Crippen LogP contribution is -2.49. The highest BCUT2D eigenvalue weighted by atomic mass is 16.7. The van der Waals surface area contributed by atoms with E-state index in [1.165, 1.54) is 25.8 Å². The maximum Gasteiger partial charge on any atom is 0.317 e. The molecule has 1 aromatic carbocycles. The van der Waals surface area contributed by atoms with E-state index in [-0.39, 0.29) is 18.9 Å². The zero-order chi connectivity index (χ0) is 16.5. The zero-order valence-corrected chi connectivity index (χ0v) is 14.2. The van der Waals surface area contributed by atoms with Crippen LogP contribution in [0, 0.1) is 0 Å². The lowest BCUT2D eigenvalue weighted by molar-refractivity contribution is 0.170. The molecule has 24 heavy (non-hydrogen) atoms. The molecule has 2 amide bonds. The van der Waals surface area contributed by atoms with Gasteiger partial charge in [0.1, 0.15) is 0 Å². The van der Waals surface area contributed by atoms with Crippen LogP contribution in [0.1, 0.15) is 31.2 Å². The molecular formula is C18H25N3O3. The standard InChI is InChI=1S/C18H25N3O3/c1-20(11-13-5-6-16-17(10-13)24-12-23-16)18(22)19-14-7-9-21-8-3-2-4-15(14)21/h5-6,10,14-15H,2-4,7-9,11-12H2,1H3,(H,19,22)/t14-,15+/m0/s1. The number of nitrogens with one attached hydrogen (secondary N) is 1. The predicted molar refractivity (Wildman–Crippen MR) is 90.2 cm³/mol. The summed E-state index contributed by atoms with van der Waals surface area (Å²) in [6.45, 7) is 3.13. The molecule has 6 nitrogen and oxygen atoms in total. The number of piperidine rings is 1. The molecule has 3 heterocycles. The molecule has 6 heteroatoms. The van der Waals surface area contributed by atoms with Crippen molar-refractivity contribution in [3.05, 3.63) is 23.8 Å². The lowest BCUT2D eigenvalue weighted by Gasteiger charge is -2.33. The average molecular weight is 331 g/mol. The van der Waals surface area contributed by atoms with Crippen molar-refractivity contribution >= 4 is 6.03 Å². The predicted octanol–water partition coefficient (Wildman–Crippen LogP) is 2.18. The van der Waals surface area contributed by atoms with E-state index in [1.54, 1.807) is 4.90 Å². The molecule has 1 N–H and O–H groups in total. The van der Waals surface area contributed by atoms with Gasteiger partial charge in [-0.3, -0.25) is 4.90 Å². The summed E-state index contributed by atoms with van der Waals surface area (Å²) in [5.74, 6) is 1.53. The van der Waals surface area contributed by atoms with Gasteiger partial charge < -0.3 is 19.7 Å². The molecule has 0 unspecified atom stereocenters. The molecule has 0 bridgehead atoms. The largest absolute Gasteiger partial charge is 0.454 e.